The number of para-hydroxylation sites is 2. The fraction of sp³-hybridized carbons (Fsp3) is 0. The maximum atomic E-state index is 5.62. The van der Waals surface area contributed by atoms with Crippen molar-refractivity contribution in [3.05, 3.63) is 59.2 Å². The quantitative estimate of drug-likeness (QED) is 0.461. The third-order valence-electron chi connectivity index (χ3n) is 3.33. The van der Waals surface area contributed by atoms with Gasteiger partial charge in [0.15, 0.2) is 0 Å². The lowest BCUT2D eigenvalue weighted by Gasteiger charge is -2.03. The molecule has 0 aliphatic heterocycles. The minimum atomic E-state index is 0.862. The number of nitrogens with one attached hydrogen (secondary N) is 1. The van der Waals surface area contributed by atoms with E-state index < -0.39 is 0 Å². The van der Waals surface area contributed by atoms with E-state index in [4.69, 9.17) is 12.2 Å². The average Bonchev–Trinajstić information content (AvgIpc) is 2.77. The van der Waals surface area contributed by atoms with Gasteiger partial charge in [-0.25, -0.2) is 0 Å². The van der Waals surface area contributed by atoms with Crippen LogP contribution in [0.25, 0.3) is 27.5 Å². The number of hydrogen-bond donors (Lipinski definition) is 1. The van der Waals surface area contributed by atoms with E-state index in [2.05, 4.69) is 39.7 Å². The maximum Gasteiger partial charge on any atom is 0.121 e. The van der Waals surface area contributed by atoms with Crippen LogP contribution in [0.4, 0.5) is 0 Å². The van der Waals surface area contributed by atoms with Crippen LogP contribution in [0.3, 0.4) is 0 Å². The number of hydrogen-bond acceptors (Lipinski definition) is 1. The van der Waals surface area contributed by atoms with Crippen LogP contribution >= 0.6 is 12.2 Å². The van der Waals surface area contributed by atoms with Crippen LogP contribution in [-0.4, -0.2) is 9.38 Å². The summed E-state index contributed by atoms with van der Waals surface area (Å²) in [6, 6.07) is 18.6. The maximum absolute atomic E-state index is 5.62. The van der Waals surface area contributed by atoms with Crippen molar-refractivity contribution in [1.82, 2.24) is 9.38 Å². The van der Waals surface area contributed by atoms with E-state index >= 15 is 0 Å². The molecule has 86 valence electrons. The number of H-pyrrole nitrogens is 1. The predicted molar refractivity (Wildman–Crippen MR) is 77.6 cm³/mol. The Labute approximate surface area is 108 Å². The van der Waals surface area contributed by atoms with Crippen molar-refractivity contribution in [1.29, 1.82) is 0 Å². The Morgan fingerprint density at radius 3 is 2.67 bits per heavy atom. The number of aromatic amines is 1. The number of fused-ring (bicyclic) bond motifs is 4. The van der Waals surface area contributed by atoms with Crippen molar-refractivity contribution in [3.63, 3.8) is 0 Å². The van der Waals surface area contributed by atoms with Gasteiger partial charge in [0.2, 0.25) is 0 Å². The Kier molecular flexibility index (Phi) is 1.88. The molecule has 2 heterocycles. The first-order valence-corrected chi connectivity index (χ1v) is 6.27. The fourth-order valence-corrected chi connectivity index (χ4v) is 2.88. The molecule has 2 aromatic heterocycles. The Bertz CT molecular complexity index is 947. The molecule has 0 atom stereocenters. The van der Waals surface area contributed by atoms with Crippen molar-refractivity contribution in [2.45, 2.75) is 0 Å². The molecule has 18 heavy (non-hydrogen) atoms. The van der Waals surface area contributed by atoms with Crippen LogP contribution < -0.4 is 0 Å². The van der Waals surface area contributed by atoms with E-state index in [0.29, 0.717) is 0 Å². The summed E-state index contributed by atoms with van der Waals surface area (Å²) < 4.78 is 2.97. The SMILES string of the molecule is S=c1c2ccccc2[nH]c2cc3ccccc3n12. The monoisotopic (exact) mass is 250 g/mol. The lowest BCUT2D eigenvalue weighted by molar-refractivity contribution is 1.19. The molecule has 0 radical (unpaired) electrons. The van der Waals surface area contributed by atoms with Gasteiger partial charge in [-0.05, 0) is 24.3 Å². The molecule has 0 aliphatic carbocycles. The van der Waals surface area contributed by atoms with Crippen LogP contribution in [-0.2, 0) is 0 Å². The van der Waals surface area contributed by atoms with E-state index in [1.165, 1.54) is 5.39 Å². The predicted octanol–water partition coefficient (Wildman–Crippen LogP) is 4.30. The van der Waals surface area contributed by atoms with Gasteiger partial charge in [-0.1, -0.05) is 42.5 Å². The highest BCUT2D eigenvalue weighted by molar-refractivity contribution is 7.71. The summed E-state index contributed by atoms with van der Waals surface area (Å²) in [5.41, 5.74) is 3.28. The molecular formula is C15H10N2S. The molecule has 0 amide bonds. The Morgan fingerprint density at radius 2 is 1.72 bits per heavy atom. The van der Waals surface area contributed by atoms with Crippen molar-refractivity contribution >= 4 is 39.7 Å². The van der Waals surface area contributed by atoms with E-state index in [1.807, 2.05) is 24.3 Å². The van der Waals surface area contributed by atoms with Gasteiger partial charge in [0.05, 0.1) is 5.52 Å². The summed E-state index contributed by atoms with van der Waals surface area (Å²) in [4.78, 5) is 3.44. The van der Waals surface area contributed by atoms with Crippen LogP contribution in [0.5, 0.6) is 0 Å². The largest absolute Gasteiger partial charge is 0.341 e. The van der Waals surface area contributed by atoms with E-state index in [9.17, 15) is 0 Å². The molecule has 0 unspecified atom stereocenters. The third kappa shape index (κ3) is 1.19. The summed E-state index contributed by atoms with van der Waals surface area (Å²) in [5, 5.41) is 2.29. The summed E-state index contributed by atoms with van der Waals surface area (Å²) in [5.74, 6) is 0. The second-order valence-electron chi connectivity index (χ2n) is 4.40. The minimum Gasteiger partial charge on any atom is -0.341 e. The lowest BCUT2D eigenvalue weighted by atomic mass is 10.2. The van der Waals surface area contributed by atoms with E-state index in [0.717, 1.165) is 26.7 Å². The van der Waals surface area contributed by atoms with Crippen LogP contribution in [0, 0.1) is 4.64 Å². The molecule has 2 aromatic carbocycles. The van der Waals surface area contributed by atoms with Gasteiger partial charge in [-0.2, -0.15) is 0 Å². The number of aromatic nitrogens is 2. The molecule has 0 bridgehead atoms. The van der Waals surface area contributed by atoms with Gasteiger partial charge in [0, 0.05) is 16.3 Å². The van der Waals surface area contributed by atoms with Crippen LogP contribution in [0.2, 0.25) is 0 Å². The molecule has 2 nitrogen and oxygen atoms in total. The molecule has 0 aliphatic rings. The van der Waals surface area contributed by atoms with Crippen molar-refractivity contribution < 1.29 is 0 Å². The first-order valence-electron chi connectivity index (χ1n) is 5.86. The fourth-order valence-electron chi connectivity index (χ4n) is 2.50. The highest BCUT2D eigenvalue weighted by Crippen LogP contribution is 2.23. The zero-order valence-electron chi connectivity index (χ0n) is 9.55. The molecule has 1 N–H and O–H groups in total. The van der Waals surface area contributed by atoms with Gasteiger partial charge in [-0.3, -0.25) is 4.40 Å². The number of benzene rings is 2. The number of nitrogens with zero attached hydrogens (tertiary/aromatic N) is 1. The highest BCUT2D eigenvalue weighted by atomic mass is 32.1. The molecule has 0 saturated heterocycles. The Balaban J connectivity index is 2.39. The van der Waals surface area contributed by atoms with Gasteiger partial charge in [-0.15, -0.1) is 0 Å². The first-order chi connectivity index (χ1) is 8.84. The number of rotatable bonds is 0. The highest BCUT2D eigenvalue weighted by Gasteiger charge is 2.06. The second kappa shape index (κ2) is 3.43. The molecule has 0 fully saturated rings. The average molecular weight is 250 g/mol. The van der Waals surface area contributed by atoms with Gasteiger partial charge in [0.25, 0.3) is 0 Å². The Hall–Kier alpha value is -2.13. The molecule has 4 aromatic rings. The molecule has 0 spiro atoms. The normalized spacial score (nSPS) is 11.6. The summed E-state index contributed by atoms with van der Waals surface area (Å²) in [6.45, 7) is 0. The smallest absolute Gasteiger partial charge is 0.121 e. The third-order valence-corrected chi connectivity index (χ3v) is 3.74. The van der Waals surface area contributed by atoms with E-state index in [1.54, 1.807) is 0 Å². The second-order valence-corrected chi connectivity index (χ2v) is 4.79. The minimum absolute atomic E-state index is 0.862. The van der Waals surface area contributed by atoms with Crippen molar-refractivity contribution in [2.75, 3.05) is 0 Å². The van der Waals surface area contributed by atoms with Crippen LogP contribution in [0.1, 0.15) is 0 Å². The van der Waals surface area contributed by atoms with E-state index in [-0.39, 0.29) is 0 Å². The Morgan fingerprint density at radius 1 is 0.944 bits per heavy atom. The summed E-state index contributed by atoms with van der Waals surface area (Å²) >= 11 is 5.62. The molecule has 0 saturated carbocycles. The first kappa shape index (κ1) is 9.85. The standard InChI is InChI=1S/C15H10N2S/c18-15-11-6-2-3-7-12(11)16-14-9-10-5-1-4-8-13(10)17(14)15/h1-9,16H. The molecular weight excluding hydrogens is 240 g/mol. The van der Waals surface area contributed by atoms with Crippen LogP contribution in [0.15, 0.2) is 54.6 Å². The zero-order chi connectivity index (χ0) is 12.1. The topological polar surface area (TPSA) is 20.2 Å². The van der Waals surface area contributed by atoms with Gasteiger partial charge >= 0.3 is 0 Å². The summed E-state index contributed by atoms with van der Waals surface area (Å²) in [7, 11) is 0. The molecule has 3 heteroatoms. The lowest BCUT2D eigenvalue weighted by Crippen LogP contribution is -1.91. The van der Waals surface area contributed by atoms with Crippen molar-refractivity contribution in [2.24, 2.45) is 0 Å². The zero-order valence-corrected chi connectivity index (χ0v) is 10.4. The van der Waals surface area contributed by atoms with Gasteiger partial charge in [0.1, 0.15) is 10.3 Å². The van der Waals surface area contributed by atoms with Crippen molar-refractivity contribution in [3.8, 4) is 0 Å². The molecule has 4 rings (SSSR count). The summed E-state index contributed by atoms with van der Waals surface area (Å²) in [6.07, 6.45) is 0. The van der Waals surface area contributed by atoms with Gasteiger partial charge < -0.3 is 4.98 Å².